The van der Waals surface area contributed by atoms with Crippen molar-refractivity contribution in [3.8, 4) is 0 Å². The number of alkyl halides is 3. The lowest BCUT2D eigenvalue weighted by Gasteiger charge is -2.45. The summed E-state index contributed by atoms with van der Waals surface area (Å²) in [6, 6.07) is 3.43. The molecule has 1 saturated carbocycles. The monoisotopic (exact) mass is 384 g/mol. The molecule has 0 radical (unpaired) electrons. The van der Waals surface area contributed by atoms with Gasteiger partial charge in [-0.2, -0.15) is 24.9 Å². The highest BCUT2D eigenvalue weighted by atomic mass is 32.2. The Hall–Kier alpha value is -0.750. The molecule has 1 atom stereocenters. The Morgan fingerprint density at radius 1 is 1.12 bits per heavy atom. The van der Waals surface area contributed by atoms with Gasteiger partial charge in [-0.05, 0) is 80.2 Å². The van der Waals surface area contributed by atoms with Crippen molar-refractivity contribution in [2.75, 3.05) is 24.6 Å². The van der Waals surface area contributed by atoms with Crippen molar-refractivity contribution >= 4 is 11.8 Å². The largest absolute Gasteiger partial charge is 0.433 e. The first-order chi connectivity index (χ1) is 12.5. The molecule has 2 aliphatic heterocycles. The van der Waals surface area contributed by atoms with E-state index in [0.717, 1.165) is 37.3 Å². The molecule has 0 N–H and O–H groups in total. The van der Waals surface area contributed by atoms with Crippen LogP contribution in [0.3, 0.4) is 0 Å². The molecule has 3 fully saturated rings. The minimum Gasteiger partial charge on any atom is -0.300 e. The van der Waals surface area contributed by atoms with Crippen LogP contribution in [-0.2, 0) is 6.18 Å². The highest BCUT2D eigenvalue weighted by Gasteiger charge is 2.40. The summed E-state index contributed by atoms with van der Waals surface area (Å²) in [7, 11) is 0. The molecule has 4 rings (SSSR count). The van der Waals surface area contributed by atoms with Crippen LogP contribution in [0.4, 0.5) is 13.2 Å². The third kappa shape index (κ3) is 3.91. The standard InChI is InChI=1S/C20H27F3N2S/c21-20(22,23)18-7-4-16(12-24-18)15-2-5-17(6-3-15)25-10-1-8-19(13-25)9-11-26-14-19/h4,7,12,15,17H,1-3,5-6,8-11,13-14H2/t15?,17?,19-/m1/s1. The van der Waals surface area contributed by atoms with Gasteiger partial charge in [0.1, 0.15) is 5.69 Å². The number of likely N-dealkylation sites (tertiary alicyclic amines) is 1. The molecule has 0 unspecified atom stereocenters. The van der Waals surface area contributed by atoms with Crippen molar-refractivity contribution in [2.24, 2.45) is 5.41 Å². The molecule has 1 aromatic rings. The highest BCUT2D eigenvalue weighted by molar-refractivity contribution is 7.99. The molecule has 0 aromatic carbocycles. The molecule has 1 spiro atoms. The SMILES string of the molecule is FC(F)(F)c1ccc(C2CCC(N3CCC[C@@]4(CCSC4)C3)CC2)cn1. The summed E-state index contributed by atoms with van der Waals surface area (Å²) in [5.74, 6) is 3.01. The zero-order valence-corrected chi connectivity index (χ0v) is 15.9. The number of pyridine rings is 1. The predicted molar refractivity (Wildman–Crippen MR) is 99.4 cm³/mol. The maximum Gasteiger partial charge on any atom is 0.433 e. The Morgan fingerprint density at radius 3 is 2.54 bits per heavy atom. The second-order valence-electron chi connectivity index (χ2n) is 8.36. The molecule has 2 nitrogen and oxygen atoms in total. The zero-order chi connectivity index (χ0) is 18.2. The Labute approximate surface area is 157 Å². The van der Waals surface area contributed by atoms with Gasteiger partial charge in [0.2, 0.25) is 0 Å². The van der Waals surface area contributed by atoms with Crippen LogP contribution in [-0.4, -0.2) is 40.5 Å². The van der Waals surface area contributed by atoms with Crippen molar-refractivity contribution in [3.05, 3.63) is 29.6 Å². The molecule has 26 heavy (non-hydrogen) atoms. The molecule has 0 bridgehead atoms. The van der Waals surface area contributed by atoms with Crippen LogP contribution in [0.2, 0.25) is 0 Å². The van der Waals surface area contributed by atoms with Gasteiger partial charge in [-0.25, -0.2) is 0 Å². The van der Waals surface area contributed by atoms with E-state index in [0.29, 0.717) is 17.4 Å². The predicted octanol–water partition coefficient (Wildman–Crippen LogP) is 5.35. The fourth-order valence-electron chi connectivity index (χ4n) is 5.12. The summed E-state index contributed by atoms with van der Waals surface area (Å²) < 4.78 is 38.0. The van der Waals surface area contributed by atoms with Crippen LogP contribution >= 0.6 is 11.8 Å². The van der Waals surface area contributed by atoms with Gasteiger partial charge in [0.25, 0.3) is 0 Å². The average Bonchev–Trinajstić information content (AvgIpc) is 3.09. The van der Waals surface area contributed by atoms with Crippen molar-refractivity contribution in [1.82, 2.24) is 9.88 Å². The Kier molecular flexibility index (Phi) is 5.26. The van der Waals surface area contributed by atoms with Crippen LogP contribution in [0.25, 0.3) is 0 Å². The lowest BCUT2D eigenvalue weighted by atomic mass is 9.76. The zero-order valence-electron chi connectivity index (χ0n) is 15.1. The highest BCUT2D eigenvalue weighted by Crippen LogP contribution is 2.45. The number of rotatable bonds is 2. The van der Waals surface area contributed by atoms with Gasteiger partial charge in [0.05, 0.1) is 0 Å². The number of hydrogen-bond donors (Lipinski definition) is 0. The van der Waals surface area contributed by atoms with Crippen LogP contribution in [0.15, 0.2) is 18.3 Å². The normalized spacial score (nSPS) is 33.7. The number of aromatic nitrogens is 1. The van der Waals surface area contributed by atoms with E-state index in [1.54, 1.807) is 6.07 Å². The fraction of sp³-hybridized carbons (Fsp3) is 0.750. The van der Waals surface area contributed by atoms with Crippen molar-refractivity contribution in [2.45, 2.75) is 63.1 Å². The van der Waals surface area contributed by atoms with E-state index in [-0.39, 0.29) is 0 Å². The third-order valence-corrected chi connectivity index (χ3v) is 7.95. The van der Waals surface area contributed by atoms with E-state index < -0.39 is 11.9 Å². The van der Waals surface area contributed by atoms with Gasteiger partial charge < -0.3 is 0 Å². The van der Waals surface area contributed by atoms with Crippen molar-refractivity contribution in [1.29, 1.82) is 0 Å². The van der Waals surface area contributed by atoms with Gasteiger partial charge >= 0.3 is 6.18 Å². The van der Waals surface area contributed by atoms with E-state index in [2.05, 4.69) is 21.6 Å². The molecular weight excluding hydrogens is 357 g/mol. The van der Waals surface area contributed by atoms with Gasteiger partial charge in [0, 0.05) is 24.5 Å². The Morgan fingerprint density at radius 2 is 1.92 bits per heavy atom. The average molecular weight is 385 g/mol. The maximum absolute atomic E-state index is 12.7. The summed E-state index contributed by atoms with van der Waals surface area (Å²) in [5, 5.41) is 0. The fourth-order valence-corrected chi connectivity index (χ4v) is 6.65. The van der Waals surface area contributed by atoms with E-state index >= 15 is 0 Å². The molecule has 2 saturated heterocycles. The minimum atomic E-state index is -4.35. The van der Waals surface area contributed by atoms with E-state index in [4.69, 9.17) is 0 Å². The maximum atomic E-state index is 12.7. The topological polar surface area (TPSA) is 16.1 Å². The van der Waals surface area contributed by atoms with E-state index in [1.807, 2.05) is 0 Å². The number of thioether (sulfide) groups is 1. The van der Waals surface area contributed by atoms with E-state index in [1.165, 1.54) is 50.1 Å². The quantitative estimate of drug-likeness (QED) is 0.684. The number of piperidine rings is 1. The van der Waals surface area contributed by atoms with Crippen LogP contribution < -0.4 is 0 Å². The molecule has 3 aliphatic rings. The van der Waals surface area contributed by atoms with Crippen LogP contribution in [0, 0.1) is 5.41 Å². The van der Waals surface area contributed by atoms with Crippen molar-refractivity contribution < 1.29 is 13.2 Å². The van der Waals surface area contributed by atoms with Crippen LogP contribution in [0.1, 0.15) is 62.1 Å². The summed E-state index contributed by atoms with van der Waals surface area (Å²) >= 11 is 2.11. The molecule has 6 heteroatoms. The molecule has 3 heterocycles. The van der Waals surface area contributed by atoms with Crippen molar-refractivity contribution in [3.63, 3.8) is 0 Å². The summed E-state index contributed by atoms with van der Waals surface area (Å²) in [5.41, 5.74) is 0.749. The lowest BCUT2D eigenvalue weighted by Crippen LogP contribution is -2.49. The first-order valence-corrected chi connectivity index (χ1v) is 11.0. The number of halogens is 3. The summed E-state index contributed by atoms with van der Waals surface area (Å²) in [4.78, 5) is 6.38. The Balaban J connectivity index is 1.34. The smallest absolute Gasteiger partial charge is 0.300 e. The van der Waals surface area contributed by atoms with Gasteiger partial charge in [-0.1, -0.05) is 6.07 Å². The first-order valence-electron chi connectivity index (χ1n) is 9.80. The lowest BCUT2D eigenvalue weighted by molar-refractivity contribution is -0.141. The first kappa shape index (κ1) is 18.6. The second kappa shape index (κ2) is 7.34. The third-order valence-electron chi connectivity index (χ3n) is 6.64. The minimum absolute atomic E-state index is 0.363. The molecule has 1 aromatic heterocycles. The molecule has 144 valence electrons. The second-order valence-corrected chi connectivity index (χ2v) is 9.46. The molecule has 1 aliphatic carbocycles. The van der Waals surface area contributed by atoms with Gasteiger partial charge in [-0.3, -0.25) is 9.88 Å². The van der Waals surface area contributed by atoms with Gasteiger partial charge in [-0.15, -0.1) is 0 Å². The Bertz CT molecular complexity index is 602. The summed E-state index contributed by atoms with van der Waals surface area (Å²) in [6.07, 6.45) is 5.64. The number of hydrogen-bond acceptors (Lipinski definition) is 3. The summed E-state index contributed by atoms with van der Waals surface area (Å²) in [6.45, 7) is 2.49. The molecule has 0 amide bonds. The van der Waals surface area contributed by atoms with E-state index in [9.17, 15) is 13.2 Å². The molecular formula is C20H27F3N2S. The van der Waals surface area contributed by atoms with Gasteiger partial charge in [0.15, 0.2) is 0 Å². The van der Waals surface area contributed by atoms with Crippen LogP contribution in [0.5, 0.6) is 0 Å². The number of nitrogens with zero attached hydrogens (tertiary/aromatic N) is 2.